The van der Waals surface area contributed by atoms with Crippen LogP contribution in [0.5, 0.6) is 0 Å². The highest BCUT2D eigenvalue weighted by atomic mass is 16.6. The molecule has 2 aromatic rings. The first-order chi connectivity index (χ1) is 13.2. The highest BCUT2D eigenvalue weighted by Crippen LogP contribution is 2.41. The van der Waals surface area contributed by atoms with Crippen LogP contribution in [0.25, 0.3) is 0 Å². The summed E-state index contributed by atoms with van der Waals surface area (Å²) in [6, 6.07) is 10.6. The maximum atomic E-state index is 12.7. The maximum Gasteiger partial charge on any atom is 0.269 e. The average molecular weight is 379 g/mol. The highest BCUT2D eigenvalue weighted by Gasteiger charge is 2.47. The van der Waals surface area contributed by atoms with Gasteiger partial charge in [-0.3, -0.25) is 19.7 Å². The van der Waals surface area contributed by atoms with Crippen LogP contribution in [0.2, 0.25) is 0 Å². The Balaban J connectivity index is 1.99. The Labute approximate surface area is 160 Å². The molecule has 0 saturated heterocycles. The Morgan fingerprint density at radius 2 is 1.89 bits per heavy atom. The number of benzene rings is 2. The van der Waals surface area contributed by atoms with Gasteiger partial charge in [-0.05, 0) is 49.7 Å². The third-order valence-corrected chi connectivity index (χ3v) is 5.03. The van der Waals surface area contributed by atoms with E-state index in [-0.39, 0.29) is 17.0 Å². The minimum absolute atomic E-state index is 0.148. The number of hydrogen-bond acceptors (Lipinski definition) is 6. The second kappa shape index (κ2) is 6.87. The molecular weight excluding hydrogens is 362 g/mol. The van der Waals surface area contributed by atoms with Gasteiger partial charge in [0.15, 0.2) is 5.78 Å². The number of hydrogen-bond donors (Lipinski definition) is 2. The SMILES string of the molecule is CC1(C)C(=O)c2ccc(C#N)cc2[C@@H](NC(=O)c2ccc([N+](=O)[O-])cc2)[C@@H]1O. The van der Waals surface area contributed by atoms with Crippen molar-refractivity contribution in [3.8, 4) is 6.07 Å². The molecule has 2 N–H and O–H groups in total. The van der Waals surface area contributed by atoms with Crippen LogP contribution < -0.4 is 5.32 Å². The average Bonchev–Trinajstić information content (AvgIpc) is 2.69. The van der Waals surface area contributed by atoms with Crippen LogP contribution in [-0.2, 0) is 0 Å². The number of nitro benzene ring substituents is 1. The van der Waals surface area contributed by atoms with Gasteiger partial charge in [-0.2, -0.15) is 5.26 Å². The first-order valence-corrected chi connectivity index (χ1v) is 8.49. The zero-order chi connectivity index (χ0) is 20.6. The molecule has 0 radical (unpaired) electrons. The molecule has 28 heavy (non-hydrogen) atoms. The number of fused-ring (bicyclic) bond motifs is 1. The van der Waals surface area contributed by atoms with Gasteiger partial charge in [-0.15, -0.1) is 0 Å². The lowest BCUT2D eigenvalue weighted by Gasteiger charge is -2.40. The topological polar surface area (TPSA) is 133 Å². The van der Waals surface area contributed by atoms with Gasteiger partial charge in [0.1, 0.15) is 0 Å². The fourth-order valence-electron chi connectivity index (χ4n) is 3.28. The molecule has 1 aliphatic carbocycles. The lowest BCUT2D eigenvalue weighted by molar-refractivity contribution is -0.384. The van der Waals surface area contributed by atoms with Crippen LogP contribution in [0.3, 0.4) is 0 Å². The zero-order valence-corrected chi connectivity index (χ0v) is 15.2. The standard InChI is InChI=1S/C20H17N3O5/c1-20(2)17(24)14-8-3-11(10-21)9-15(14)16(18(20)25)22-19(26)12-4-6-13(7-5-12)23(27)28/h3-9,16,18,25H,1-2H3,(H,22,26)/t16-,18+/m1/s1. The van der Waals surface area contributed by atoms with Crippen molar-refractivity contribution < 1.29 is 19.6 Å². The summed E-state index contributed by atoms with van der Waals surface area (Å²) in [5.74, 6) is -0.835. The Hall–Kier alpha value is -3.57. The second-order valence-electron chi connectivity index (χ2n) is 7.16. The summed E-state index contributed by atoms with van der Waals surface area (Å²) in [6.07, 6.45) is -1.22. The van der Waals surface area contributed by atoms with Crippen molar-refractivity contribution in [1.29, 1.82) is 5.26 Å². The van der Waals surface area contributed by atoms with Gasteiger partial charge in [0, 0.05) is 23.3 Å². The van der Waals surface area contributed by atoms with Gasteiger partial charge in [-0.25, -0.2) is 0 Å². The minimum atomic E-state index is -1.22. The zero-order valence-electron chi connectivity index (χ0n) is 15.2. The number of carbonyl (C=O) groups is 2. The Morgan fingerprint density at radius 3 is 2.46 bits per heavy atom. The van der Waals surface area contributed by atoms with Crippen molar-refractivity contribution >= 4 is 17.4 Å². The van der Waals surface area contributed by atoms with E-state index in [1.54, 1.807) is 13.8 Å². The van der Waals surface area contributed by atoms with Crippen molar-refractivity contribution in [1.82, 2.24) is 5.32 Å². The second-order valence-corrected chi connectivity index (χ2v) is 7.16. The molecule has 0 fully saturated rings. The van der Waals surface area contributed by atoms with Gasteiger partial charge in [0.05, 0.1) is 34.1 Å². The number of carbonyl (C=O) groups excluding carboxylic acids is 2. The number of Topliss-reactive ketones (excluding diaryl/α,β-unsaturated/α-hetero) is 1. The maximum absolute atomic E-state index is 12.7. The van der Waals surface area contributed by atoms with Crippen LogP contribution >= 0.6 is 0 Å². The third-order valence-electron chi connectivity index (χ3n) is 5.03. The summed E-state index contributed by atoms with van der Waals surface area (Å²) in [4.78, 5) is 35.6. The van der Waals surface area contributed by atoms with E-state index in [1.807, 2.05) is 6.07 Å². The number of non-ortho nitro benzene ring substituents is 1. The fraction of sp³-hybridized carbons (Fsp3) is 0.250. The minimum Gasteiger partial charge on any atom is -0.390 e. The Kier molecular flexibility index (Phi) is 4.71. The van der Waals surface area contributed by atoms with E-state index >= 15 is 0 Å². The number of aliphatic hydroxyl groups is 1. The highest BCUT2D eigenvalue weighted by molar-refractivity contribution is 6.04. The molecule has 0 bridgehead atoms. The summed E-state index contributed by atoms with van der Waals surface area (Å²) in [6.45, 7) is 3.18. The molecule has 8 heteroatoms. The number of ketones is 1. The van der Waals surface area contributed by atoms with Crippen LogP contribution in [0, 0.1) is 26.9 Å². The van der Waals surface area contributed by atoms with E-state index in [9.17, 15) is 24.8 Å². The summed E-state index contributed by atoms with van der Waals surface area (Å²) >= 11 is 0. The fourth-order valence-corrected chi connectivity index (χ4v) is 3.28. The molecule has 0 unspecified atom stereocenters. The number of amides is 1. The molecule has 2 aromatic carbocycles. The quantitative estimate of drug-likeness (QED) is 0.622. The number of nitro groups is 1. The summed E-state index contributed by atoms with van der Waals surface area (Å²) in [5, 5.41) is 33.4. The molecule has 8 nitrogen and oxygen atoms in total. The van der Waals surface area contributed by atoms with Gasteiger partial charge >= 0.3 is 0 Å². The van der Waals surface area contributed by atoms with E-state index in [4.69, 9.17) is 5.26 Å². The number of nitriles is 1. The molecule has 0 spiro atoms. The van der Waals surface area contributed by atoms with E-state index in [2.05, 4.69) is 5.32 Å². The van der Waals surface area contributed by atoms with Crippen molar-refractivity contribution in [2.24, 2.45) is 5.41 Å². The van der Waals surface area contributed by atoms with Crippen LogP contribution in [0.1, 0.15) is 51.7 Å². The molecule has 0 saturated carbocycles. The number of rotatable bonds is 3. The van der Waals surface area contributed by atoms with Gasteiger partial charge < -0.3 is 10.4 Å². The van der Waals surface area contributed by atoms with Gasteiger partial charge in [-0.1, -0.05) is 0 Å². The summed E-state index contributed by atoms with van der Waals surface area (Å²) in [7, 11) is 0. The number of nitrogens with zero attached hydrogens (tertiary/aromatic N) is 2. The molecule has 3 rings (SSSR count). The predicted molar refractivity (Wildman–Crippen MR) is 98.6 cm³/mol. The molecule has 0 heterocycles. The Morgan fingerprint density at radius 1 is 1.25 bits per heavy atom. The van der Waals surface area contributed by atoms with Gasteiger partial charge in [0.25, 0.3) is 11.6 Å². The van der Waals surface area contributed by atoms with Crippen molar-refractivity contribution in [3.63, 3.8) is 0 Å². The predicted octanol–water partition coefficient (Wildman–Crippen LogP) is 2.52. The lowest BCUT2D eigenvalue weighted by Crippen LogP contribution is -2.51. The number of nitrogens with one attached hydrogen (secondary N) is 1. The molecule has 142 valence electrons. The molecule has 1 amide bonds. The van der Waals surface area contributed by atoms with E-state index < -0.39 is 28.4 Å². The lowest BCUT2D eigenvalue weighted by atomic mass is 9.68. The van der Waals surface area contributed by atoms with E-state index in [0.717, 1.165) is 0 Å². The molecule has 1 aliphatic rings. The monoisotopic (exact) mass is 379 g/mol. The van der Waals surface area contributed by atoms with Gasteiger partial charge in [0.2, 0.25) is 0 Å². The van der Waals surface area contributed by atoms with Crippen molar-refractivity contribution in [2.75, 3.05) is 0 Å². The van der Waals surface area contributed by atoms with E-state index in [1.165, 1.54) is 42.5 Å². The van der Waals surface area contributed by atoms with Crippen LogP contribution in [0.15, 0.2) is 42.5 Å². The van der Waals surface area contributed by atoms with Crippen LogP contribution in [-0.4, -0.2) is 27.8 Å². The molecule has 0 aliphatic heterocycles. The molecular formula is C20H17N3O5. The summed E-state index contributed by atoms with van der Waals surface area (Å²) < 4.78 is 0. The Bertz CT molecular complexity index is 1020. The number of aliphatic hydroxyl groups excluding tert-OH is 1. The van der Waals surface area contributed by atoms with Crippen molar-refractivity contribution in [2.45, 2.75) is 26.0 Å². The third kappa shape index (κ3) is 3.12. The molecule has 0 aromatic heterocycles. The van der Waals surface area contributed by atoms with E-state index in [0.29, 0.717) is 16.7 Å². The smallest absolute Gasteiger partial charge is 0.269 e. The summed E-state index contributed by atoms with van der Waals surface area (Å²) in [5.41, 5.74) is -0.118. The largest absolute Gasteiger partial charge is 0.390 e. The van der Waals surface area contributed by atoms with Crippen LogP contribution in [0.4, 0.5) is 5.69 Å². The van der Waals surface area contributed by atoms with Crippen molar-refractivity contribution in [3.05, 3.63) is 74.8 Å². The first-order valence-electron chi connectivity index (χ1n) is 8.49. The first kappa shape index (κ1) is 19.2. The molecule has 2 atom stereocenters. The normalized spacial score (nSPS) is 20.0.